The Hall–Kier alpha value is -2.57. The van der Waals surface area contributed by atoms with Gasteiger partial charge in [0.05, 0.1) is 5.92 Å². The molecule has 0 bridgehead atoms. The van der Waals surface area contributed by atoms with Crippen LogP contribution < -0.4 is 10.2 Å². The molecule has 0 saturated carbocycles. The Morgan fingerprint density at radius 1 is 1.20 bits per heavy atom. The lowest BCUT2D eigenvalue weighted by atomic mass is 9.98. The average Bonchev–Trinajstić information content (AvgIpc) is 2.61. The number of hydrogen-bond donors (Lipinski definition) is 2. The zero-order chi connectivity index (χ0) is 18.0. The minimum Gasteiger partial charge on any atom is -0.481 e. The molecule has 7 heteroatoms. The van der Waals surface area contributed by atoms with Gasteiger partial charge in [0, 0.05) is 37.9 Å². The number of hydrogen-bond acceptors (Lipinski definition) is 3. The van der Waals surface area contributed by atoms with Crippen LogP contribution in [0, 0.1) is 5.92 Å². The number of aliphatic carboxylic acids is 1. The van der Waals surface area contributed by atoms with Crippen LogP contribution in [0.1, 0.15) is 31.7 Å². The Balaban J connectivity index is 1.70. The molecule has 2 aliphatic heterocycles. The summed E-state index contributed by atoms with van der Waals surface area (Å²) < 4.78 is 0. The molecule has 0 aromatic heterocycles. The molecule has 2 heterocycles. The van der Waals surface area contributed by atoms with Gasteiger partial charge in [0.15, 0.2) is 0 Å². The van der Waals surface area contributed by atoms with Crippen molar-refractivity contribution in [1.82, 2.24) is 4.90 Å². The zero-order valence-corrected chi connectivity index (χ0v) is 14.3. The predicted octanol–water partition coefficient (Wildman–Crippen LogP) is 2.31. The summed E-state index contributed by atoms with van der Waals surface area (Å²) in [7, 11) is 0. The molecule has 2 N–H and O–H groups in total. The van der Waals surface area contributed by atoms with Crippen LogP contribution in [0.5, 0.6) is 0 Å². The van der Waals surface area contributed by atoms with E-state index in [9.17, 15) is 14.4 Å². The monoisotopic (exact) mass is 345 g/mol. The van der Waals surface area contributed by atoms with Gasteiger partial charge in [-0.1, -0.05) is 0 Å². The lowest BCUT2D eigenvalue weighted by molar-refractivity contribution is -0.143. The molecule has 7 nitrogen and oxygen atoms in total. The number of nitrogens with zero attached hydrogens (tertiary/aromatic N) is 2. The third-order valence-electron chi connectivity index (χ3n) is 4.89. The van der Waals surface area contributed by atoms with E-state index >= 15 is 0 Å². The molecule has 2 aliphatic rings. The second kappa shape index (κ2) is 7.13. The second-order valence-electron chi connectivity index (χ2n) is 6.67. The van der Waals surface area contributed by atoms with Gasteiger partial charge in [0.25, 0.3) is 0 Å². The fourth-order valence-corrected chi connectivity index (χ4v) is 3.57. The van der Waals surface area contributed by atoms with Crippen molar-refractivity contribution in [3.8, 4) is 0 Å². The largest absolute Gasteiger partial charge is 0.481 e. The first-order valence-corrected chi connectivity index (χ1v) is 8.65. The molecule has 3 amide bonds. The third kappa shape index (κ3) is 3.75. The van der Waals surface area contributed by atoms with Gasteiger partial charge in [-0.05, 0) is 49.4 Å². The van der Waals surface area contributed by atoms with Crippen LogP contribution in [-0.4, -0.2) is 47.5 Å². The Kier molecular flexibility index (Phi) is 4.92. The van der Waals surface area contributed by atoms with Gasteiger partial charge in [-0.2, -0.15) is 0 Å². The summed E-state index contributed by atoms with van der Waals surface area (Å²) in [6, 6.07) is 5.28. The maximum Gasteiger partial charge on any atom is 0.321 e. The highest BCUT2D eigenvalue weighted by molar-refractivity contribution is 5.94. The highest BCUT2D eigenvalue weighted by Gasteiger charge is 2.28. The number of rotatable bonds is 2. The first kappa shape index (κ1) is 17.3. The van der Waals surface area contributed by atoms with Crippen molar-refractivity contribution < 1.29 is 19.5 Å². The highest BCUT2D eigenvalue weighted by atomic mass is 16.4. The maximum absolute atomic E-state index is 12.4. The van der Waals surface area contributed by atoms with Crippen LogP contribution in [0.3, 0.4) is 0 Å². The van der Waals surface area contributed by atoms with Crippen molar-refractivity contribution in [2.24, 2.45) is 5.92 Å². The fourth-order valence-electron chi connectivity index (χ4n) is 3.57. The first-order chi connectivity index (χ1) is 12.0. The summed E-state index contributed by atoms with van der Waals surface area (Å²) in [5, 5.41) is 12.0. The molecule has 3 rings (SSSR count). The number of nitrogens with one attached hydrogen (secondary N) is 1. The van der Waals surface area contributed by atoms with Crippen LogP contribution >= 0.6 is 0 Å². The van der Waals surface area contributed by atoms with Gasteiger partial charge in [0.1, 0.15) is 0 Å². The van der Waals surface area contributed by atoms with E-state index in [2.05, 4.69) is 5.32 Å². The second-order valence-corrected chi connectivity index (χ2v) is 6.67. The molecule has 0 spiro atoms. The van der Waals surface area contributed by atoms with Crippen molar-refractivity contribution >= 4 is 29.3 Å². The van der Waals surface area contributed by atoms with E-state index in [1.54, 1.807) is 22.8 Å². The van der Waals surface area contributed by atoms with Gasteiger partial charge in [0.2, 0.25) is 5.91 Å². The van der Waals surface area contributed by atoms with Crippen molar-refractivity contribution in [3.05, 3.63) is 23.8 Å². The number of aryl methyl sites for hydroxylation is 1. The first-order valence-electron chi connectivity index (χ1n) is 8.65. The molecule has 1 fully saturated rings. The lowest BCUT2D eigenvalue weighted by Crippen LogP contribution is -2.44. The molecule has 134 valence electrons. The Morgan fingerprint density at radius 3 is 2.72 bits per heavy atom. The molecule has 1 aromatic carbocycles. The number of piperidine rings is 1. The van der Waals surface area contributed by atoms with E-state index in [1.165, 1.54) is 0 Å². The van der Waals surface area contributed by atoms with Gasteiger partial charge in [-0.3, -0.25) is 9.59 Å². The van der Waals surface area contributed by atoms with Crippen LogP contribution in [0.2, 0.25) is 0 Å². The van der Waals surface area contributed by atoms with Gasteiger partial charge in [-0.15, -0.1) is 0 Å². The van der Waals surface area contributed by atoms with Gasteiger partial charge < -0.3 is 20.2 Å². The number of amides is 3. The van der Waals surface area contributed by atoms with E-state index in [4.69, 9.17) is 5.11 Å². The number of carboxylic acid groups (broad SMARTS) is 1. The molecular weight excluding hydrogens is 322 g/mol. The Labute approximate surface area is 146 Å². The highest BCUT2D eigenvalue weighted by Crippen LogP contribution is 2.30. The molecule has 25 heavy (non-hydrogen) atoms. The molecule has 0 aliphatic carbocycles. The predicted molar refractivity (Wildman–Crippen MR) is 93.7 cm³/mol. The number of carboxylic acids is 1. The SMILES string of the molecule is CC(=O)N1CCCc2cc(NC(=O)N3CCCC(C(=O)O)C3)ccc21. The Morgan fingerprint density at radius 2 is 2.00 bits per heavy atom. The quantitative estimate of drug-likeness (QED) is 0.861. The van der Waals surface area contributed by atoms with E-state index in [0.29, 0.717) is 25.1 Å². The minimum absolute atomic E-state index is 0.0192. The lowest BCUT2D eigenvalue weighted by Gasteiger charge is -2.31. The molecule has 1 atom stereocenters. The van der Waals surface area contributed by atoms with Crippen LogP contribution in [0.25, 0.3) is 0 Å². The van der Waals surface area contributed by atoms with Crippen molar-refractivity contribution in [1.29, 1.82) is 0 Å². The number of benzene rings is 1. The summed E-state index contributed by atoms with van der Waals surface area (Å²) in [6.07, 6.45) is 3.07. The topological polar surface area (TPSA) is 90.0 Å². The number of fused-ring (bicyclic) bond motifs is 1. The summed E-state index contributed by atoms with van der Waals surface area (Å²) >= 11 is 0. The smallest absolute Gasteiger partial charge is 0.321 e. The summed E-state index contributed by atoms with van der Waals surface area (Å²) in [5.41, 5.74) is 2.62. The number of carbonyl (C=O) groups excluding carboxylic acids is 2. The number of urea groups is 1. The average molecular weight is 345 g/mol. The normalized spacial score (nSPS) is 20.0. The van der Waals surface area contributed by atoms with Crippen LogP contribution in [0.4, 0.5) is 16.2 Å². The molecular formula is C18H23N3O4. The van der Waals surface area contributed by atoms with E-state index in [-0.39, 0.29) is 18.5 Å². The summed E-state index contributed by atoms with van der Waals surface area (Å²) in [5.74, 6) is -1.33. The summed E-state index contributed by atoms with van der Waals surface area (Å²) in [6.45, 7) is 3.08. The minimum atomic E-state index is -0.851. The van der Waals surface area contributed by atoms with Crippen LogP contribution in [-0.2, 0) is 16.0 Å². The van der Waals surface area contributed by atoms with Crippen molar-refractivity contribution in [2.75, 3.05) is 29.9 Å². The van der Waals surface area contributed by atoms with E-state index in [1.807, 2.05) is 12.1 Å². The molecule has 1 unspecified atom stereocenters. The molecule has 0 radical (unpaired) electrons. The van der Waals surface area contributed by atoms with Gasteiger partial charge >= 0.3 is 12.0 Å². The zero-order valence-electron chi connectivity index (χ0n) is 14.3. The van der Waals surface area contributed by atoms with Crippen LogP contribution in [0.15, 0.2) is 18.2 Å². The van der Waals surface area contributed by atoms with E-state index < -0.39 is 11.9 Å². The van der Waals surface area contributed by atoms with Crippen molar-refractivity contribution in [3.63, 3.8) is 0 Å². The molecule has 1 saturated heterocycles. The Bertz CT molecular complexity index is 704. The van der Waals surface area contributed by atoms with Gasteiger partial charge in [-0.25, -0.2) is 4.79 Å². The third-order valence-corrected chi connectivity index (χ3v) is 4.89. The van der Waals surface area contributed by atoms with E-state index in [0.717, 1.165) is 30.6 Å². The number of anilines is 2. The number of likely N-dealkylation sites (tertiary alicyclic amines) is 1. The standard InChI is InChI=1S/C18H23N3O4/c1-12(22)21-9-3-4-13-10-15(6-7-16(13)21)19-18(25)20-8-2-5-14(11-20)17(23)24/h6-7,10,14H,2-5,8-9,11H2,1H3,(H,19,25)(H,23,24). The van der Waals surface area contributed by atoms with Crippen molar-refractivity contribution in [2.45, 2.75) is 32.6 Å². The molecule has 1 aromatic rings. The summed E-state index contributed by atoms with van der Waals surface area (Å²) in [4.78, 5) is 38.6. The fraction of sp³-hybridized carbons (Fsp3) is 0.500. The maximum atomic E-state index is 12.4. The number of carbonyl (C=O) groups is 3.